The normalized spacial score (nSPS) is 10.5. The number of hydrogen-bond acceptors (Lipinski definition) is 6. The summed E-state index contributed by atoms with van der Waals surface area (Å²) < 4.78 is 10.6. The molecule has 124 valence electrons. The predicted molar refractivity (Wildman–Crippen MR) is 96.7 cm³/mol. The molecule has 1 aromatic heterocycles. The van der Waals surface area contributed by atoms with E-state index in [1.54, 1.807) is 14.2 Å². The average Bonchev–Trinajstić information content (AvgIpc) is 2.60. The fourth-order valence-electron chi connectivity index (χ4n) is 2.40. The Kier molecular flexibility index (Phi) is 4.37. The van der Waals surface area contributed by atoms with Crippen molar-refractivity contribution in [1.82, 2.24) is 9.97 Å². The summed E-state index contributed by atoms with van der Waals surface area (Å²) in [4.78, 5) is 11.3. The largest absolute Gasteiger partial charge is 0.497 e. The van der Waals surface area contributed by atoms with Crippen LogP contribution in [0.4, 0.5) is 17.3 Å². The standard InChI is InChI=1S/C18H20N4O2/c1-22(2)18-17(20-15-7-5-6-8-16(15)21-18)19-12-9-13(23-3)11-14(10-12)24-4/h5-11H,1-4H3,(H,19,20). The number of aromatic nitrogens is 2. The van der Waals surface area contributed by atoms with Gasteiger partial charge in [-0.1, -0.05) is 12.1 Å². The maximum atomic E-state index is 5.32. The van der Waals surface area contributed by atoms with Gasteiger partial charge in [-0.2, -0.15) is 0 Å². The third kappa shape index (κ3) is 3.17. The third-order valence-corrected chi connectivity index (χ3v) is 3.59. The van der Waals surface area contributed by atoms with Gasteiger partial charge in [0, 0.05) is 38.0 Å². The first-order valence-corrected chi connectivity index (χ1v) is 7.55. The maximum absolute atomic E-state index is 5.32. The molecule has 6 heteroatoms. The molecule has 0 unspecified atom stereocenters. The zero-order chi connectivity index (χ0) is 17.1. The third-order valence-electron chi connectivity index (χ3n) is 3.59. The van der Waals surface area contributed by atoms with E-state index in [9.17, 15) is 0 Å². The molecule has 0 aliphatic carbocycles. The van der Waals surface area contributed by atoms with Crippen LogP contribution in [-0.2, 0) is 0 Å². The summed E-state index contributed by atoms with van der Waals surface area (Å²) in [5.74, 6) is 2.85. The smallest absolute Gasteiger partial charge is 0.174 e. The Labute approximate surface area is 141 Å². The lowest BCUT2D eigenvalue weighted by Gasteiger charge is -2.18. The molecular weight excluding hydrogens is 304 g/mol. The van der Waals surface area contributed by atoms with E-state index in [2.05, 4.69) is 5.32 Å². The van der Waals surface area contributed by atoms with Crippen LogP contribution in [0.5, 0.6) is 11.5 Å². The van der Waals surface area contributed by atoms with E-state index >= 15 is 0 Å². The van der Waals surface area contributed by atoms with Gasteiger partial charge in [-0.3, -0.25) is 0 Å². The molecule has 0 spiro atoms. The molecule has 0 amide bonds. The Morgan fingerprint density at radius 1 is 0.875 bits per heavy atom. The van der Waals surface area contributed by atoms with Crippen LogP contribution in [-0.4, -0.2) is 38.3 Å². The van der Waals surface area contributed by atoms with Crippen molar-refractivity contribution in [2.24, 2.45) is 0 Å². The number of para-hydroxylation sites is 2. The molecule has 0 fully saturated rings. The first-order valence-electron chi connectivity index (χ1n) is 7.55. The Hall–Kier alpha value is -3.02. The van der Waals surface area contributed by atoms with Crippen LogP contribution in [0.2, 0.25) is 0 Å². The minimum atomic E-state index is 0.675. The lowest BCUT2D eigenvalue weighted by atomic mass is 10.2. The van der Waals surface area contributed by atoms with E-state index in [1.165, 1.54) is 0 Å². The number of benzene rings is 2. The molecule has 1 N–H and O–H groups in total. The molecule has 0 saturated carbocycles. The molecule has 1 heterocycles. The highest BCUT2D eigenvalue weighted by Gasteiger charge is 2.12. The number of fused-ring (bicyclic) bond motifs is 1. The molecule has 0 aliphatic rings. The van der Waals surface area contributed by atoms with Gasteiger partial charge in [0.05, 0.1) is 25.3 Å². The van der Waals surface area contributed by atoms with Gasteiger partial charge in [-0.15, -0.1) is 0 Å². The molecule has 0 atom stereocenters. The van der Waals surface area contributed by atoms with E-state index in [4.69, 9.17) is 19.4 Å². The Balaban J connectivity index is 2.07. The topological polar surface area (TPSA) is 59.5 Å². The molecule has 3 rings (SSSR count). The summed E-state index contributed by atoms with van der Waals surface area (Å²) in [6.45, 7) is 0. The lowest BCUT2D eigenvalue weighted by molar-refractivity contribution is 0.395. The summed E-state index contributed by atoms with van der Waals surface area (Å²) in [7, 11) is 7.13. The fourth-order valence-corrected chi connectivity index (χ4v) is 2.40. The van der Waals surface area contributed by atoms with Crippen molar-refractivity contribution in [3.63, 3.8) is 0 Å². The second kappa shape index (κ2) is 6.62. The number of methoxy groups -OCH3 is 2. The van der Waals surface area contributed by atoms with Crippen LogP contribution in [0.3, 0.4) is 0 Å². The van der Waals surface area contributed by atoms with Gasteiger partial charge in [0.25, 0.3) is 0 Å². The van der Waals surface area contributed by atoms with Crippen molar-refractivity contribution in [3.8, 4) is 11.5 Å². The monoisotopic (exact) mass is 324 g/mol. The van der Waals surface area contributed by atoms with Crippen LogP contribution in [0, 0.1) is 0 Å². The quantitative estimate of drug-likeness (QED) is 0.775. The second-order valence-corrected chi connectivity index (χ2v) is 5.51. The number of rotatable bonds is 5. The number of nitrogens with zero attached hydrogens (tertiary/aromatic N) is 3. The highest BCUT2D eigenvalue weighted by Crippen LogP contribution is 2.31. The van der Waals surface area contributed by atoms with E-state index in [-0.39, 0.29) is 0 Å². The van der Waals surface area contributed by atoms with Crippen molar-refractivity contribution >= 4 is 28.4 Å². The summed E-state index contributed by atoms with van der Waals surface area (Å²) in [5, 5.41) is 3.32. The van der Waals surface area contributed by atoms with Crippen LogP contribution < -0.4 is 19.7 Å². The van der Waals surface area contributed by atoms with Crippen LogP contribution >= 0.6 is 0 Å². The minimum absolute atomic E-state index is 0.675. The molecule has 0 radical (unpaired) electrons. The molecule has 24 heavy (non-hydrogen) atoms. The van der Waals surface area contributed by atoms with Gasteiger partial charge in [-0.25, -0.2) is 9.97 Å². The zero-order valence-electron chi connectivity index (χ0n) is 14.2. The van der Waals surface area contributed by atoms with Crippen molar-refractivity contribution in [2.75, 3.05) is 38.5 Å². The molecule has 6 nitrogen and oxygen atoms in total. The second-order valence-electron chi connectivity index (χ2n) is 5.51. The highest BCUT2D eigenvalue weighted by atomic mass is 16.5. The number of nitrogens with one attached hydrogen (secondary N) is 1. The molecular formula is C18H20N4O2. The summed E-state index contributed by atoms with van der Waals surface area (Å²) >= 11 is 0. The number of hydrogen-bond donors (Lipinski definition) is 1. The first kappa shape index (κ1) is 15.9. The summed E-state index contributed by atoms with van der Waals surface area (Å²) in [6, 6.07) is 13.4. The number of anilines is 3. The maximum Gasteiger partial charge on any atom is 0.174 e. The fraction of sp³-hybridized carbons (Fsp3) is 0.222. The van der Waals surface area contributed by atoms with Crippen molar-refractivity contribution < 1.29 is 9.47 Å². The zero-order valence-corrected chi connectivity index (χ0v) is 14.2. The van der Waals surface area contributed by atoms with E-state index in [0.717, 1.165) is 22.5 Å². The van der Waals surface area contributed by atoms with Gasteiger partial charge >= 0.3 is 0 Å². The summed E-state index contributed by atoms with van der Waals surface area (Å²) in [5.41, 5.74) is 2.51. The van der Waals surface area contributed by atoms with Crippen molar-refractivity contribution in [3.05, 3.63) is 42.5 Å². The van der Waals surface area contributed by atoms with Gasteiger partial charge < -0.3 is 19.7 Å². The predicted octanol–water partition coefficient (Wildman–Crippen LogP) is 3.46. The average molecular weight is 324 g/mol. The van der Waals surface area contributed by atoms with Gasteiger partial charge in [0.2, 0.25) is 0 Å². The highest BCUT2D eigenvalue weighted by molar-refractivity contribution is 5.82. The Morgan fingerprint density at radius 2 is 1.46 bits per heavy atom. The number of ether oxygens (including phenoxy) is 2. The van der Waals surface area contributed by atoms with E-state index in [1.807, 2.05) is 61.5 Å². The van der Waals surface area contributed by atoms with Crippen LogP contribution in [0.15, 0.2) is 42.5 Å². The molecule has 0 aliphatic heterocycles. The van der Waals surface area contributed by atoms with E-state index < -0.39 is 0 Å². The van der Waals surface area contributed by atoms with Crippen LogP contribution in [0.25, 0.3) is 11.0 Å². The minimum Gasteiger partial charge on any atom is -0.497 e. The van der Waals surface area contributed by atoms with Gasteiger partial charge in [0.1, 0.15) is 11.5 Å². The van der Waals surface area contributed by atoms with Gasteiger partial charge in [0.15, 0.2) is 11.6 Å². The molecule has 0 saturated heterocycles. The van der Waals surface area contributed by atoms with Crippen LogP contribution in [0.1, 0.15) is 0 Å². The van der Waals surface area contributed by atoms with Crippen molar-refractivity contribution in [1.29, 1.82) is 0 Å². The molecule has 3 aromatic rings. The SMILES string of the molecule is COc1cc(Nc2nc3ccccc3nc2N(C)C)cc(OC)c1. The van der Waals surface area contributed by atoms with Gasteiger partial charge in [-0.05, 0) is 12.1 Å². The Bertz CT molecular complexity index is 843. The van der Waals surface area contributed by atoms with E-state index in [0.29, 0.717) is 17.3 Å². The Morgan fingerprint density at radius 3 is 2.00 bits per heavy atom. The summed E-state index contributed by atoms with van der Waals surface area (Å²) in [6.07, 6.45) is 0. The lowest BCUT2D eigenvalue weighted by Crippen LogP contribution is -2.14. The molecule has 0 bridgehead atoms. The van der Waals surface area contributed by atoms with Crippen molar-refractivity contribution in [2.45, 2.75) is 0 Å². The first-order chi connectivity index (χ1) is 11.6. The molecule has 2 aromatic carbocycles.